The number of rotatable bonds is 4. The molecular weight excluding hydrogens is 284 g/mol. The molecule has 0 spiro atoms. The van der Waals surface area contributed by atoms with Crippen molar-refractivity contribution < 1.29 is 9.59 Å². The second-order valence-electron chi connectivity index (χ2n) is 6.03. The van der Waals surface area contributed by atoms with Gasteiger partial charge in [-0.2, -0.15) is 0 Å². The lowest BCUT2D eigenvalue weighted by molar-refractivity contribution is 0.0679. The molecule has 0 bridgehead atoms. The highest BCUT2D eigenvalue weighted by atomic mass is 16.2. The van der Waals surface area contributed by atoms with Crippen LogP contribution in [0, 0.1) is 5.41 Å². The third-order valence-corrected chi connectivity index (χ3v) is 4.47. The second-order valence-corrected chi connectivity index (χ2v) is 6.03. The van der Waals surface area contributed by atoms with Crippen LogP contribution in [0.15, 0.2) is 85.0 Å². The van der Waals surface area contributed by atoms with Crippen molar-refractivity contribution in [2.24, 2.45) is 5.41 Å². The maximum Gasteiger partial charge on any atom is 0.177 e. The van der Waals surface area contributed by atoms with Crippen LogP contribution >= 0.6 is 0 Å². The van der Waals surface area contributed by atoms with Gasteiger partial charge in [0.05, 0.1) is 0 Å². The SMILES string of the molecule is C=C1CC(C(=O)c2ccccc2)(C(=O)c2ccccc2)CC1=C. The summed E-state index contributed by atoms with van der Waals surface area (Å²) in [5.74, 6) is -0.293. The number of Topliss-reactive ketones (excluding diaryl/α,β-unsaturated/α-hetero) is 2. The third kappa shape index (κ3) is 2.57. The van der Waals surface area contributed by atoms with Crippen LogP contribution in [0.3, 0.4) is 0 Å². The molecule has 1 aliphatic rings. The highest BCUT2D eigenvalue weighted by Crippen LogP contribution is 2.47. The molecule has 2 aromatic rings. The van der Waals surface area contributed by atoms with E-state index in [2.05, 4.69) is 13.2 Å². The molecule has 0 unspecified atom stereocenters. The molecule has 0 atom stereocenters. The smallest absolute Gasteiger partial charge is 0.177 e. The number of benzene rings is 2. The van der Waals surface area contributed by atoms with Gasteiger partial charge in [0.2, 0.25) is 0 Å². The topological polar surface area (TPSA) is 34.1 Å². The molecule has 3 rings (SSSR count). The Hall–Kier alpha value is -2.74. The molecule has 23 heavy (non-hydrogen) atoms. The molecule has 1 aliphatic carbocycles. The van der Waals surface area contributed by atoms with Crippen LogP contribution < -0.4 is 0 Å². The largest absolute Gasteiger partial charge is 0.293 e. The van der Waals surface area contributed by atoms with Gasteiger partial charge in [-0.1, -0.05) is 85.0 Å². The number of allylic oxidation sites excluding steroid dienone is 2. The highest BCUT2D eigenvalue weighted by molar-refractivity contribution is 6.20. The molecule has 0 heterocycles. The van der Waals surface area contributed by atoms with Crippen LogP contribution in [0.2, 0.25) is 0 Å². The summed E-state index contributed by atoms with van der Waals surface area (Å²) in [6.45, 7) is 7.96. The van der Waals surface area contributed by atoms with Crippen molar-refractivity contribution in [3.8, 4) is 0 Å². The molecule has 0 N–H and O–H groups in total. The average Bonchev–Trinajstić information content (AvgIpc) is 2.91. The summed E-state index contributed by atoms with van der Waals surface area (Å²) in [4.78, 5) is 26.3. The van der Waals surface area contributed by atoms with Crippen LogP contribution in [0.5, 0.6) is 0 Å². The van der Waals surface area contributed by atoms with Gasteiger partial charge in [0.1, 0.15) is 5.41 Å². The summed E-state index contributed by atoms with van der Waals surface area (Å²) in [7, 11) is 0. The second kappa shape index (κ2) is 5.81. The van der Waals surface area contributed by atoms with Crippen molar-refractivity contribution in [3.05, 3.63) is 96.1 Å². The zero-order chi connectivity index (χ0) is 16.4. The van der Waals surface area contributed by atoms with E-state index in [1.165, 1.54) is 0 Å². The van der Waals surface area contributed by atoms with Gasteiger partial charge < -0.3 is 0 Å². The lowest BCUT2D eigenvalue weighted by atomic mass is 9.72. The minimum atomic E-state index is -1.11. The molecule has 2 aromatic carbocycles. The van der Waals surface area contributed by atoms with Gasteiger partial charge in [-0.15, -0.1) is 0 Å². The molecular formula is C21H18O2. The number of carbonyl (C=O) groups excluding carboxylic acids is 2. The normalized spacial score (nSPS) is 16.3. The molecule has 0 aliphatic heterocycles. The first kappa shape index (κ1) is 15.2. The summed E-state index contributed by atoms with van der Waals surface area (Å²) in [5.41, 5.74) is 1.58. The van der Waals surface area contributed by atoms with E-state index >= 15 is 0 Å². The van der Waals surface area contributed by atoms with Crippen molar-refractivity contribution in [1.82, 2.24) is 0 Å². The summed E-state index contributed by atoms with van der Waals surface area (Å²) >= 11 is 0. The fraction of sp³-hybridized carbons (Fsp3) is 0.143. The fourth-order valence-electron chi connectivity index (χ4n) is 3.20. The lowest BCUT2D eigenvalue weighted by Crippen LogP contribution is -2.37. The molecule has 0 radical (unpaired) electrons. The predicted molar refractivity (Wildman–Crippen MR) is 91.5 cm³/mol. The van der Waals surface area contributed by atoms with Gasteiger partial charge in [-0.3, -0.25) is 9.59 Å². The zero-order valence-corrected chi connectivity index (χ0v) is 12.9. The Morgan fingerprint density at radius 3 is 1.39 bits per heavy atom. The monoisotopic (exact) mass is 302 g/mol. The third-order valence-electron chi connectivity index (χ3n) is 4.47. The summed E-state index contributed by atoms with van der Waals surface area (Å²) in [6, 6.07) is 18.0. The van der Waals surface area contributed by atoms with E-state index in [9.17, 15) is 9.59 Å². The summed E-state index contributed by atoms with van der Waals surface area (Å²) < 4.78 is 0. The molecule has 114 valence electrons. The van der Waals surface area contributed by atoms with Crippen LogP contribution in [-0.2, 0) is 0 Å². The molecule has 0 amide bonds. The fourth-order valence-corrected chi connectivity index (χ4v) is 3.20. The van der Waals surface area contributed by atoms with Gasteiger partial charge in [0, 0.05) is 11.1 Å². The summed E-state index contributed by atoms with van der Waals surface area (Å²) in [6.07, 6.45) is 0.681. The van der Waals surface area contributed by atoms with Crippen molar-refractivity contribution in [2.75, 3.05) is 0 Å². The molecule has 0 aromatic heterocycles. The van der Waals surface area contributed by atoms with E-state index in [-0.39, 0.29) is 11.6 Å². The molecule has 2 nitrogen and oxygen atoms in total. The molecule has 1 saturated carbocycles. The number of hydrogen-bond acceptors (Lipinski definition) is 2. The van der Waals surface area contributed by atoms with Gasteiger partial charge >= 0.3 is 0 Å². The molecule has 2 heteroatoms. The maximum absolute atomic E-state index is 13.2. The van der Waals surface area contributed by atoms with Crippen LogP contribution in [0.4, 0.5) is 0 Å². The van der Waals surface area contributed by atoms with E-state index < -0.39 is 5.41 Å². The first-order valence-corrected chi connectivity index (χ1v) is 7.60. The van der Waals surface area contributed by atoms with Gasteiger partial charge in [-0.05, 0) is 12.8 Å². The zero-order valence-electron chi connectivity index (χ0n) is 12.9. The number of carbonyl (C=O) groups is 2. The Morgan fingerprint density at radius 1 is 0.696 bits per heavy atom. The van der Waals surface area contributed by atoms with Crippen LogP contribution in [-0.4, -0.2) is 11.6 Å². The quantitative estimate of drug-likeness (QED) is 0.609. The Labute approximate surface area is 136 Å². The molecule has 0 saturated heterocycles. The van der Waals surface area contributed by atoms with Crippen molar-refractivity contribution in [3.63, 3.8) is 0 Å². The van der Waals surface area contributed by atoms with Crippen LogP contribution in [0.25, 0.3) is 0 Å². The lowest BCUT2D eigenvalue weighted by Gasteiger charge is -2.25. The Balaban J connectivity index is 2.09. The van der Waals surface area contributed by atoms with E-state index in [4.69, 9.17) is 0 Å². The van der Waals surface area contributed by atoms with Crippen LogP contribution in [0.1, 0.15) is 33.6 Å². The van der Waals surface area contributed by atoms with E-state index in [1.807, 2.05) is 36.4 Å². The summed E-state index contributed by atoms with van der Waals surface area (Å²) in [5, 5.41) is 0. The number of ketones is 2. The Morgan fingerprint density at radius 2 is 1.04 bits per heavy atom. The van der Waals surface area contributed by atoms with Gasteiger partial charge in [0.15, 0.2) is 11.6 Å². The van der Waals surface area contributed by atoms with E-state index in [1.54, 1.807) is 24.3 Å². The highest BCUT2D eigenvalue weighted by Gasteiger charge is 2.50. The Kier molecular flexibility index (Phi) is 3.83. The van der Waals surface area contributed by atoms with E-state index in [0.29, 0.717) is 24.0 Å². The van der Waals surface area contributed by atoms with Gasteiger partial charge in [-0.25, -0.2) is 0 Å². The van der Waals surface area contributed by atoms with Crippen molar-refractivity contribution in [1.29, 1.82) is 0 Å². The maximum atomic E-state index is 13.2. The first-order chi connectivity index (χ1) is 11.0. The Bertz CT molecular complexity index is 716. The average molecular weight is 302 g/mol. The minimum absolute atomic E-state index is 0.147. The standard InChI is InChI=1S/C21H18O2/c1-15-13-21(14-16(15)2,19(22)17-9-5-3-6-10-17)20(23)18-11-7-4-8-12-18/h3-12H,1-2,13-14H2. The molecule has 1 fully saturated rings. The van der Waals surface area contributed by atoms with Crippen molar-refractivity contribution in [2.45, 2.75) is 12.8 Å². The van der Waals surface area contributed by atoms with Gasteiger partial charge in [0.25, 0.3) is 0 Å². The van der Waals surface area contributed by atoms with Crippen molar-refractivity contribution >= 4 is 11.6 Å². The minimum Gasteiger partial charge on any atom is -0.293 e. The van der Waals surface area contributed by atoms with E-state index in [0.717, 1.165) is 11.1 Å². The first-order valence-electron chi connectivity index (χ1n) is 7.60. The predicted octanol–water partition coefficient (Wildman–Crippen LogP) is 4.64. The number of hydrogen-bond donors (Lipinski definition) is 0.